The number of carbonyl (C=O) groups excluding carboxylic acids is 1. The molecule has 3 aromatic rings. The summed E-state index contributed by atoms with van der Waals surface area (Å²) in [6.07, 6.45) is 0.466. The Labute approximate surface area is 142 Å². The molecule has 5 nitrogen and oxygen atoms in total. The number of rotatable bonds is 4. The lowest BCUT2D eigenvalue weighted by molar-refractivity contribution is 0.0988. The Bertz CT molecular complexity index is 834. The number of carbonyl (C=O) groups is 1. The van der Waals surface area contributed by atoms with E-state index >= 15 is 0 Å². The molecule has 2 aromatic carbocycles. The molecule has 0 aliphatic heterocycles. The lowest BCUT2D eigenvalue weighted by Crippen LogP contribution is -2.12. The number of hydrogen-bond donors (Lipinski definition) is 1. The first kappa shape index (κ1) is 15.5. The molecular weight excluding hydrogens is 337 g/mol. The second-order valence-electron chi connectivity index (χ2n) is 4.75. The van der Waals surface area contributed by atoms with Gasteiger partial charge < -0.3 is 9.73 Å². The highest BCUT2D eigenvalue weighted by Gasteiger charge is 2.15. The van der Waals surface area contributed by atoms with Crippen LogP contribution in [0.2, 0.25) is 10.0 Å². The molecule has 116 valence electrons. The van der Waals surface area contributed by atoms with Crippen LogP contribution in [0.3, 0.4) is 0 Å². The molecule has 0 spiro atoms. The van der Waals surface area contributed by atoms with Crippen molar-refractivity contribution in [3.05, 3.63) is 75.9 Å². The van der Waals surface area contributed by atoms with Crippen molar-refractivity contribution in [1.29, 1.82) is 0 Å². The summed E-state index contributed by atoms with van der Waals surface area (Å²) in [7, 11) is 0. The highest BCUT2D eigenvalue weighted by atomic mass is 35.5. The van der Waals surface area contributed by atoms with Gasteiger partial charge in [-0.05, 0) is 23.8 Å². The first-order chi connectivity index (χ1) is 11.1. The van der Waals surface area contributed by atoms with Crippen LogP contribution in [0.4, 0.5) is 5.69 Å². The van der Waals surface area contributed by atoms with E-state index in [0.717, 1.165) is 5.56 Å². The summed E-state index contributed by atoms with van der Waals surface area (Å²) in [6.45, 7) is 0. The van der Waals surface area contributed by atoms with Gasteiger partial charge >= 0.3 is 11.8 Å². The molecule has 1 N–H and O–H groups in total. The van der Waals surface area contributed by atoms with Crippen LogP contribution in [0.5, 0.6) is 0 Å². The molecule has 3 rings (SSSR count). The van der Waals surface area contributed by atoms with Gasteiger partial charge in [0.2, 0.25) is 5.89 Å². The van der Waals surface area contributed by atoms with Crippen molar-refractivity contribution >= 4 is 34.8 Å². The highest BCUT2D eigenvalue weighted by molar-refractivity contribution is 6.42. The molecule has 1 aromatic heterocycles. The van der Waals surface area contributed by atoms with E-state index in [0.29, 0.717) is 28.0 Å². The van der Waals surface area contributed by atoms with Gasteiger partial charge in [-0.2, -0.15) is 0 Å². The molecule has 7 heteroatoms. The number of nitrogens with zero attached hydrogens (tertiary/aromatic N) is 2. The fourth-order valence-electron chi connectivity index (χ4n) is 1.95. The van der Waals surface area contributed by atoms with Gasteiger partial charge in [-0.25, -0.2) is 0 Å². The summed E-state index contributed by atoms with van der Waals surface area (Å²) < 4.78 is 5.38. The number of halogens is 2. The number of amides is 1. The molecule has 0 aliphatic carbocycles. The van der Waals surface area contributed by atoms with Gasteiger partial charge in [0.05, 0.1) is 16.5 Å². The second-order valence-corrected chi connectivity index (χ2v) is 5.56. The summed E-state index contributed by atoms with van der Waals surface area (Å²) in [5, 5.41) is 11.0. The topological polar surface area (TPSA) is 68.0 Å². The average Bonchev–Trinajstić information content (AvgIpc) is 3.00. The quantitative estimate of drug-likeness (QED) is 0.767. The Morgan fingerprint density at radius 2 is 1.83 bits per heavy atom. The normalized spacial score (nSPS) is 10.5. The molecule has 0 bridgehead atoms. The van der Waals surface area contributed by atoms with Gasteiger partial charge in [0, 0.05) is 5.69 Å². The first-order valence-corrected chi connectivity index (χ1v) is 7.50. The Balaban J connectivity index is 1.69. The summed E-state index contributed by atoms with van der Waals surface area (Å²) in [5.41, 5.74) is 1.51. The van der Waals surface area contributed by atoms with E-state index in [1.807, 2.05) is 30.3 Å². The van der Waals surface area contributed by atoms with Crippen molar-refractivity contribution in [2.75, 3.05) is 5.32 Å². The number of hydrogen-bond acceptors (Lipinski definition) is 4. The van der Waals surface area contributed by atoms with Crippen LogP contribution in [-0.4, -0.2) is 16.1 Å². The molecule has 0 fully saturated rings. The maximum Gasteiger partial charge on any atom is 0.313 e. The van der Waals surface area contributed by atoms with Crippen LogP contribution in [0.25, 0.3) is 0 Å². The fourth-order valence-corrected chi connectivity index (χ4v) is 2.24. The molecule has 1 amide bonds. The van der Waals surface area contributed by atoms with E-state index in [1.54, 1.807) is 18.2 Å². The van der Waals surface area contributed by atoms with Crippen molar-refractivity contribution < 1.29 is 9.21 Å². The summed E-state index contributed by atoms with van der Waals surface area (Å²) >= 11 is 11.7. The molecule has 0 unspecified atom stereocenters. The van der Waals surface area contributed by atoms with Crippen molar-refractivity contribution in [3.8, 4) is 0 Å². The Kier molecular flexibility index (Phi) is 4.60. The smallest absolute Gasteiger partial charge is 0.313 e. The minimum Gasteiger partial charge on any atom is -0.417 e. The second kappa shape index (κ2) is 6.81. The third kappa shape index (κ3) is 3.88. The molecule has 0 saturated carbocycles. The van der Waals surface area contributed by atoms with Crippen LogP contribution >= 0.6 is 23.2 Å². The van der Waals surface area contributed by atoms with Gasteiger partial charge in [0.25, 0.3) is 0 Å². The molecule has 0 atom stereocenters. The molecule has 1 heterocycles. The average molecular weight is 348 g/mol. The van der Waals surface area contributed by atoms with E-state index in [2.05, 4.69) is 15.5 Å². The molecule has 0 aliphatic rings. The third-order valence-corrected chi connectivity index (χ3v) is 3.78. The molecule has 0 saturated heterocycles. The maximum absolute atomic E-state index is 12.1. The van der Waals surface area contributed by atoms with Crippen molar-refractivity contribution in [1.82, 2.24) is 10.2 Å². The first-order valence-electron chi connectivity index (χ1n) is 6.74. The summed E-state index contributed by atoms with van der Waals surface area (Å²) in [6, 6.07) is 14.4. The van der Waals surface area contributed by atoms with E-state index in [4.69, 9.17) is 27.6 Å². The predicted molar refractivity (Wildman–Crippen MR) is 88.0 cm³/mol. The maximum atomic E-state index is 12.1. The zero-order chi connectivity index (χ0) is 16.2. The zero-order valence-electron chi connectivity index (χ0n) is 11.8. The van der Waals surface area contributed by atoms with E-state index in [1.165, 1.54) is 0 Å². The highest BCUT2D eigenvalue weighted by Crippen LogP contribution is 2.25. The van der Waals surface area contributed by atoms with Crippen LogP contribution in [-0.2, 0) is 6.42 Å². The van der Waals surface area contributed by atoms with Gasteiger partial charge in [-0.1, -0.05) is 53.5 Å². The number of nitrogens with one attached hydrogen (secondary N) is 1. The Hall–Kier alpha value is -2.37. The van der Waals surface area contributed by atoms with Crippen LogP contribution in [0.1, 0.15) is 22.1 Å². The SMILES string of the molecule is O=C(Nc1ccc(Cl)c(Cl)c1)c1nnc(Cc2ccccc2)o1. The van der Waals surface area contributed by atoms with Gasteiger partial charge in [-0.3, -0.25) is 4.79 Å². The standard InChI is InChI=1S/C16H11Cl2N3O2/c17-12-7-6-11(9-13(12)18)19-15(22)16-21-20-14(23-16)8-10-4-2-1-3-5-10/h1-7,9H,8H2,(H,19,22). The molecule has 23 heavy (non-hydrogen) atoms. The van der Waals surface area contributed by atoms with E-state index in [-0.39, 0.29) is 5.89 Å². The van der Waals surface area contributed by atoms with Crippen LogP contribution < -0.4 is 5.32 Å². The van der Waals surface area contributed by atoms with Crippen molar-refractivity contribution in [3.63, 3.8) is 0 Å². The van der Waals surface area contributed by atoms with Crippen LogP contribution in [0, 0.1) is 0 Å². The number of aromatic nitrogens is 2. The fraction of sp³-hybridized carbons (Fsp3) is 0.0625. The van der Waals surface area contributed by atoms with E-state index < -0.39 is 5.91 Å². The van der Waals surface area contributed by atoms with Gasteiger partial charge in [-0.15, -0.1) is 10.2 Å². The number of anilines is 1. The largest absolute Gasteiger partial charge is 0.417 e. The van der Waals surface area contributed by atoms with Gasteiger partial charge in [0.1, 0.15) is 0 Å². The van der Waals surface area contributed by atoms with Gasteiger partial charge in [0.15, 0.2) is 0 Å². The third-order valence-electron chi connectivity index (χ3n) is 3.04. The van der Waals surface area contributed by atoms with E-state index in [9.17, 15) is 4.79 Å². The summed E-state index contributed by atoms with van der Waals surface area (Å²) in [5.74, 6) is -0.243. The Morgan fingerprint density at radius 3 is 2.57 bits per heavy atom. The minimum absolute atomic E-state index is 0.109. The number of benzene rings is 2. The lowest BCUT2D eigenvalue weighted by atomic mass is 10.2. The van der Waals surface area contributed by atoms with Crippen LogP contribution in [0.15, 0.2) is 52.9 Å². The van der Waals surface area contributed by atoms with Crippen molar-refractivity contribution in [2.45, 2.75) is 6.42 Å². The molecular formula is C16H11Cl2N3O2. The summed E-state index contributed by atoms with van der Waals surface area (Å²) in [4.78, 5) is 12.1. The van der Waals surface area contributed by atoms with Crippen molar-refractivity contribution in [2.24, 2.45) is 0 Å². The predicted octanol–water partition coefficient (Wildman–Crippen LogP) is 4.22. The molecule has 0 radical (unpaired) electrons. The minimum atomic E-state index is -0.504. The zero-order valence-corrected chi connectivity index (χ0v) is 13.3. The Morgan fingerprint density at radius 1 is 1.04 bits per heavy atom. The lowest BCUT2D eigenvalue weighted by Gasteiger charge is -2.03. The monoisotopic (exact) mass is 347 g/mol.